The third-order valence-electron chi connectivity index (χ3n) is 3.55. The average Bonchev–Trinajstić information content (AvgIpc) is 2.22. The van der Waals surface area contributed by atoms with Crippen LogP contribution in [0.25, 0.3) is 0 Å². The van der Waals surface area contributed by atoms with Gasteiger partial charge in [0, 0.05) is 13.2 Å². The van der Waals surface area contributed by atoms with Crippen LogP contribution in [-0.2, 0) is 8.85 Å². The zero-order chi connectivity index (χ0) is 11.9. The summed E-state index contributed by atoms with van der Waals surface area (Å²) in [5.74, 6) is 0.904. The van der Waals surface area contributed by atoms with Gasteiger partial charge in [0.25, 0.3) is 0 Å². The third-order valence-corrected chi connectivity index (χ3v) is 7.49. The number of hydrogen-bond acceptors (Lipinski definition) is 2. The van der Waals surface area contributed by atoms with Crippen molar-refractivity contribution in [1.29, 1.82) is 0 Å². The van der Waals surface area contributed by atoms with E-state index in [1.807, 2.05) is 0 Å². The summed E-state index contributed by atoms with van der Waals surface area (Å²) in [7, 11) is -1.85. The molecule has 1 rings (SSSR count). The molecule has 0 heterocycles. The highest BCUT2D eigenvalue weighted by Gasteiger charge is 2.40. The van der Waals surface area contributed by atoms with Gasteiger partial charge in [-0.3, -0.25) is 0 Å². The number of hydrogen-bond donors (Lipinski definition) is 0. The zero-order valence-corrected chi connectivity index (χ0v) is 12.3. The second-order valence-corrected chi connectivity index (χ2v) is 8.19. The van der Waals surface area contributed by atoms with Crippen molar-refractivity contribution in [2.75, 3.05) is 13.2 Å². The van der Waals surface area contributed by atoms with E-state index in [1.54, 1.807) is 0 Å². The second-order valence-electron chi connectivity index (χ2n) is 4.88. The summed E-state index contributed by atoms with van der Waals surface area (Å²) in [5.41, 5.74) is 0. The minimum Gasteiger partial charge on any atom is -0.394 e. The van der Waals surface area contributed by atoms with Crippen LogP contribution >= 0.6 is 0 Å². The second kappa shape index (κ2) is 7.46. The van der Waals surface area contributed by atoms with Crippen molar-refractivity contribution in [2.24, 2.45) is 5.92 Å². The van der Waals surface area contributed by atoms with Gasteiger partial charge in [-0.05, 0) is 31.9 Å². The first-order chi connectivity index (χ1) is 7.76. The molecule has 0 N–H and O–H groups in total. The minimum absolute atomic E-state index is 0.822. The first-order valence-corrected chi connectivity index (χ1v) is 9.27. The van der Waals surface area contributed by atoms with E-state index in [9.17, 15) is 0 Å². The normalized spacial score (nSPS) is 17.4. The molecule has 2 nitrogen and oxygen atoms in total. The van der Waals surface area contributed by atoms with E-state index < -0.39 is 8.56 Å². The van der Waals surface area contributed by atoms with Gasteiger partial charge in [-0.25, -0.2) is 0 Å². The van der Waals surface area contributed by atoms with Gasteiger partial charge in [-0.15, -0.1) is 0 Å². The van der Waals surface area contributed by atoms with Crippen LogP contribution in [0.15, 0.2) is 0 Å². The Bertz CT molecular complexity index is 175. The van der Waals surface area contributed by atoms with Crippen molar-refractivity contribution in [2.45, 2.75) is 65.0 Å². The highest BCUT2D eigenvalue weighted by molar-refractivity contribution is 6.67. The van der Waals surface area contributed by atoms with Gasteiger partial charge in [0.1, 0.15) is 0 Å². The Labute approximate surface area is 102 Å². The van der Waals surface area contributed by atoms with Crippen molar-refractivity contribution in [3.63, 3.8) is 0 Å². The third kappa shape index (κ3) is 4.19. The van der Waals surface area contributed by atoms with Crippen LogP contribution in [0.5, 0.6) is 0 Å². The molecular formula is C13H28O2Si. The molecule has 96 valence electrons. The molecule has 1 fully saturated rings. The molecule has 1 saturated carbocycles. The minimum atomic E-state index is -1.85. The standard InChI is InChI=1S/C13H28O2Si/c1-4-7-11-16(14-5-2,15-6-3)12-13-9-8-10-13/h13H,4-12H2,1-3H3. The zero-order valence-electron chi connectivity index (χ0n) is 11.3. The van der Waals surface area contributed by atoms with E-state index in [4.69, 9.17) is 8.85 Å². The fourth-order valence-electron chi connectivity index (χ4n) is 2.51. The molecule has 0 unspecified atom stereocenters. The van der Waals surface area contributed by atoms with Crippen molar-refractivity contribution in [1.82, 2.24) is 0 Å². The molecule has 0 atom stereocenters. The lowest BCUT2D eigenvalue weighted by Gasteiger charge is -2.36. The maximum atomic E-state index is 6.10. The summed E-state index contributed by atoms with van der Waals surface area (Å²) in [6.07, 6.45) is 6.74. The predicted molar refractivity (Wildman–Crippen MR) is 70.9 cm³/mol. The lowest BCUT2D eigenvalue weighted by Crippen LogP contribution is -2.44. The van der Waals surface area contributed by atoms with E-state index >= 15 is 0 Å². The van der Waals surface area contributed by atoms with Crippen LogP contribution in [0.3, 0.4) is 0 Å². The lowest BCUT2D eigenvalue weighted by atomic mass is 9.87. The summed E-state index contributed by atoms with van der Waals surface area (Å²) < 4.78 is 12.2. The maximum absolute atomic E-state index is 6.10. The number of rotatable bonds is 9. The first kappa shape index (κ1) is 14.2. The monoisotopic (exact) mass is 244 g/mol. The summed E-state index contributed by atoms with van der Waals surface area (Å²) in [5, 5.41) is 0. The molecule has 1 aliphatic rings. The van der Waals surface area contributed by atoms with Crippen molar-refractivity contribution < 1.29 is 8.85 Å². The Morgan fingerprint density at radius 2 is 1.69 bits per heavy atom. The van der Waals surface area contributed by atoms with Crippen molar-refractivity contribution >= 4 is 8.56 Å². The van der Waals surface area contributed by atoms with Gasteiger partial charge in [0.2, 0.25) is 0 Å². The van der Waals surface area contributed by atoms with Crippen molar-refractivity contribution in [3.05, 3.63) is 0 Å². The molecule has 1 aliphatic carbocycles. The maximum Gasteiger partial charge on any atom is 0.338 e. The van der Waals surface area contributed by atoms with Crippen LogP contribution in [0.2, 0.25) is 12.1 Å². The molecule has 0 radical (unpaired) electrons. The fourth-order valence-corrected chi connectivity index (χ4v) is 6.56. The first-order valence-electron chi connectivity index (χ1n) is 7.04. The van der Waals surface area contributed by atoms with Crippen LogP contribution in [-0.4, -0.2) is 21.8 Å². The lowest BCUT2D eigenvalue weighted by molar-refractivity contribution is 0.167. The highest BCUT2D eigenvalue weighted by atomic mass is 28.4. The molecule has 0 aromatic rings. The van der Waals surface area contributed by atoms with Gasteiger partial charge < -0.3 is 8.85 Å². The Hall–Kier alpha value is 0.137. The molecule has 0 saturated heterocycles. The highest BCUT2D eigenvalue weighted by Crippen LogP contribution is 2.37. The molecule has 16 heavy (non-hydrogen) atoms. The summed E-state index contributed by atoms with van der Waals surface area (Å²) in [4.78, 5) is 0. The molecule has 3 heteroatoms. The smallest absolute Gasteiger partial charge is 0.338 e. The van der Waals surface area contributed by atoms with Gasteiger partial charge in [-0.2, -0.15) is 0 Å². The summed E-state index contributed by atoms with van der Waals surface area (Å²) in [6.45, 7) is 8.10. The van der Waals surface area contributed by atoms with E-state index in [1.165, 1.54) is 44.2 Å². The van der Waals surface area contributed by atoms with E-state index in [0.29, 0.717) is 0 Å². The van der Waals surface area contributed by atoms with E-state index in [-0.39, 0.29) is 0 Å². The quantitative estimate of drug-likeness (QED) is 0.568. The predicted octanol–water partition coefficient (Wildman–Crippen LogP) is 4.10. The Morgan fingerprint density at radius 1 is 1.06 bits per heavy atom. The SMILES string of the molecule is CCCC[Si](CC1CCC1)(OCC)OCC. The van der Waals surface area contributed by atoms with Crippen LogP contribution in [0, 0.1) is 5.92 Å². The summed E-state index contributed by atoms with van der Waals surface area (Å²) >= 11 is 0. The van der Waals surface area contributed by atoms with Crippen LogP contribution < -0.4 is 0 Å². The molecule has 0 aromatic carbocycles. The van der Waals surface area contributed by atoms with Crippen molar-refractivity contribution in [3.8, 4) is 0 Å². The van der Waals surface area contributed by atoms with Gasteiger partial charge in [-0.1, -0.05) is 39.0 Å². The van der Waals surface area contributed by atoms with Crippen LogP contribution in [0.4, 0.5) is 0 Å². The van der Waals surface area contributed by atoms with Crippen LogP contribution in [0.1, 0.15) is 52.9 Å². The Kier molecular flexibility index (Phi) is 6.62. The van der Waals surface area contributed by atoms with E-state index in [2.05, 4.69) is 20.8 Å². The average molecular weight is 244 g/mol. The summed E-state index contributed by atoms with van der Waals surface area (Å²) in [6, 6.07) is 2.44. The van der Waals surface area contributed by atoms with Gasteiger partial charge in [0.15, 0.2) is 0 Å². The molecule has 0 spiro atoms. The van der Waals surface area contributed by atoms with E-state index in [0.717, 1.165) is 19.1 Å². The number of unbranched alkanes of at least 4 members (excludes halogenated alkanes) is 1. The Balaban J connectivity index is 2.51. The molecule has 0 bridgehead atoms. The fraction of sp³-hybridized carbons (Fsp3) is 1.00. The Morgan fingerprint density at radius 3 is 2.06 bits per heavy atom. The molecule has 0 aromatic heterocycles. The van der Waals surface area contributed by atoms with Gasteiger partial charge >= 0.3 is 8.56 Å². The topological polar surface area (TPSA) is 18.5 Å². The largest absolute Gasteiger partial charge is 0.394 e. The van der Waals surface area contributed by atoms with Gasteiger partial charge in [0.05, 0.1) is 0 Å². The molecular weight excluding hydrogens is 216 g/mol. The molecule has 0 aliphatic heterocycles. The molecule has 0 amide bonds.